The van der Waals surface area contributed by atoms with Crippen molar-refractivity contribution < 1.29 is 53.1 Å². The first kappa shape index (κ1) is 18.1. The molecule has 2 aromatic rings. The third kappa shape index (κ3) is 4.38. The summed E-state index contributed by atoms with van der Waals surface area (Å²) in [7, 11) is -5.83. The van der Waals surface area contributed by atoms with Crippen LogP contribution in [0.5, 0.6) is 0 Å². The minimum absolute atomic E-state index is 0.120. The molecule has 0 aliphatic heterocycles. The Balaban J connectivity index is 2.48. The third-order valence-corrected chi connectivity index (χ3v) is 9.49. The minimum atomic E-state index is -5.83. The molecule has 0 spiro atoms. The average Bonchev–Trinajstić information content (AvgIpc) is 2.46. The molecule has 3 nitrogen and oxygen atoms in total. The molecule has 1 radical (unpaired) electrons. The summed E-state index contributed by atoms with van der Waals surface area (Å²) in [5.74, 6) is -1.27. The van der Waals surface area contributed by atoms with Gasteiger partial charge in [-0.3, -0.25) is 0 Å². The van der Waals surface area contributed by atoms with Crippen molar-refractivity contribution >= 4 is 10.1 Å². The van der Waals surface area contributed by atoms with Crippen LogP contribution in [-0.2, 0) is 12.6 Å². The van der Waals surface area contributed by atoms with E-state index >= 15 is 0 Å². The molecular formula is C13H8F5IO3S+. The molecule has 0 aliphatic rings. The van der Waals surface area contributed by atoms with E-state index in [9.17, 15) is 30.4 Å². The summed E-state index contributed by atoms with van der Waals surface area (Å²) in [6, 6.07) is 8.51. The zero-order valence-electron chi connectivity index (χ0n) is 11.0. The summed E-state index contributed by atoms with van der Waals surface area (Å²) in [5, 5.41) is 0. The monoisotopic (exact) mass is 466 g/mol. The standard InChI is InChI=1S/C13H8F5IO3S/c14-9-1-5-11(6-2-9)19(12-7-3-10(15)4-8-12)22-23(20,21)13(16,17)18/h1-8H/q+1. The SMILES string of the molecule is O=S(=O)(O[I+](c1ccc(F)cc1)c1ccc(F)cc1)C(F)(F)F. The number of halogens is 6. The first-order valence-electron chi connectivity index (χ1n) is 5.82. The summed E-state index contributed by atoms with van der Waals surface area (Å²) < 4.78 is 90.8. The summed E-state index contributed by atoms with van der Waals surface area (Å²) in [6.45, 7) is 0. The van der Waals surface area contributed by atoms with Crippen molar-refractivity contribution in [3.05, 3.63) is 67.3 Å². The van der Waals surface area contributed by atoms with Crippen LogP contribution in [0.4, 0.5) is 22.0 Å². The molecule has 23 heavy (non-hydrogen) atoms. The Bertz CT molecular complexity index is 727. The van der Waals surface area contributed by atoms with E-state index in [1.807, 2.05) is 0 Å². The molecule has 0 aliphatic carbocycles. The molecular weight excluding hydrogens is 458 g/mol. The van der Waals surface area contributed by atoms with E-state index in [1.54, 1.807) is 0 Å². The lowest BCUT2D eigenvalue weighted by Crippen LogP contribution is -3.85. The Labute approximate surface area is 136 Å². The van der Waals surface area contributed by atoms with Crippen LogP contribution in [0.25, 0.3) is 0 Å². The van der Waals surface area contributed by atoms with E-state index in [-0.39, 0.29) is 7.14 Å². The molecule has 0 bridgehead atoms. The highest BCUT2D eigenvalue weighted by Gasteiger charge is 2.54. The van der Waals surface area contributed by atoms with Crippen LogP contribution >= 0.6 is 0 Å². The molecule has 0 saturated carbocycles. The lowest BCUT2D eigenvalue weighted by atomic mass is 10.4. The van der Waals surface area contributed by atoms with Gasteiger partial charge in [-0.05, 0) is 51.0 Å². The normalized spacial score (nSPS) is 12.6. The quantitative estimate of drug-likeness (QED) is 0.373. The molecule has 0 fully saturated rings. The molecule has 2 aromatic carbocycles. The Morgan fingerprint density at radius 1 is 0.783 bits per heavy atom. The summed E-state index contributed by atoms with van der Waals surface area (Å²) in [4.78, 5) is 0. The van der Waals surface area contributed by atoms with Gasteiger partial charge in [0.1, 0.15) is 11.6 Å². The largest absolute Gasteiger partial charge is 0.526 e. The van der Waals surface area contributed by atoms with Crippen molar-refractivity contribution in [1.29, 1.82) is 0 Å². The lowest BCUT2D eigenvalue weighted by Gasteiger charge is -2.08. The van der Waals surface area contributed by atoms with Crippen LogP contribution in [0.2, 0.25) is 0 Å². The van der Waals surface area contributed by atoms with Crippen molar-refractivity contribution in [2.45, 2.75) is 5.51 Å². The lowest BCUT2D eigenvalue weighted by molar-refractivity contribution is -1.03. The van der Waals surface area contributed by atoms with Crippen LogP contribution in [0.15, 0.2) is 48.5 Å². The number of hydrogen-bond donors (Lipinski definition) is 0. The second kappa shape index (κ2) is 6.69. The molecule has 0 atom stereocenters. The Kier molecular flexibility index (Phi) is 5.26. The fourth-order valence-corrected chi connectivity index (χ4v) is 7.81. The first-order chi connectivity index (χ1) is 10.6. The second-order valence-corrected chi connectivity index (χ2v) is 10.6. The van der Waals surface area contributed by atoms with Crippen LogP contribution in [0, 0.1) is 18.8 Å². The summed E-state index contributed by atoms with van der Waals surface area (Å²) >= 11 is -3.57. The Morgan fingerprint density at radius 2 is 1.13 bits per heavy atom. The highest BCUT2D eigenvalue weighted by Crippen LogP contribution is 2.22. The maximum absolute atomic E-state index is 13.0. The van der Waals surface area contributed by atoms with Gasteiger partial charge in [-0.25, -0.2) is 8.78 Å². The van der Waals surface area contributed by atoms with Gasteiger partial charge in [0.15, 0.2) is 7.14 Å². The average molecular weight is 466 g/mol. The van der Waals surface area contributed by atoms with E-state index < -0.39 is 47.5 Å². The van der Waals surface area contributed by atoms with E-state index in [4.69, 9.17) is 0 Å². The smallest absolute Gasteiger partial charge is 0.207 e. The number of benzene rings is 2. The summed E-state index contributed by atoms with van der Waals surface area (Å²) in [6.07, 6.45) is 0. The maximum Gasteiger partial charge on any atom is 0.526 e. The van der Waals surface area contributed by atoms with Gasteiger partial charge in [0.05, 0.1) is 0 Å². The molecule has 2 rings (SSSR count). The van der Waals surface area contributed by atoms with Gasteiger partial charge in [0, 0.05) is 0 Å². The highest BCUT2D eigenvalue weighted by molar-refractivity contribution is 7.87. The van der Waals surface area contributed by atoms with Crippen LogP contribution in [0.3, 0.4) is 0 Å². The highest BCUT2D eigenvalue weighted by atomic mass is 127. The van der Waals surface area contributed by atoms with Crippen LogP contribution in [-0.4, -0.2) is 13.9 Å². The Morgan fingerprint density at radius 3 is 1.43 bits per heavy atom. The molecule has 0 N–H and O–H groups in total. The van der Waals surface area contributed by atoms with Crippen molar-refractivity contribution in [2.75, 3.05) is 0 Å². The first-order valence-corrected chi connectivity index (χ1v) is 10.3. The number of rotatable bonds is 4. The third-order valence-electron chi connectivity index (χ3n) is 2.43. The molecule has 125 valence electrons. The Hall–Kier alpha value is -1.27. The predicted octanol–water partition coefficient (Wildman–Crippen LogP) is 0.410. The van der Waals surface area contributed by atoms with Crippen molar-refractivity contribution in [2.24, 2.45) is 0 Å². The van der Waals surface area contributed by atoms with E-state index in [0.717, 1.165) is 48.5 Å². The van der Waals surface area contributed by atoms with Gasteiger partial charge >= 0.3 is 35.9 Å². The van der Waals surface area contributed by atoms with Gasteiger partial charge in [-0.2, -0.15) is 21.6 Å². The molecule has 0 aromatic heterocycles. The topological polar surface area (TPSA) is 43.4 Å². The second-order valence-electron chi connectivity index (χ2n) is 4.08. The van der Waals surface area contributed by atoms with Crippen LogP contribution in [0.1, 0.15) is 0 Å². The van der Waals surface area contributed by atoms with Crippen molar-refractivity contribution in [3.8, 4) is 0 Å². The number of alkyl halides is 3. The van der Waals surface area contributed by atoms with Crippen molar-refractivity contribution in [1.82, 2.24) is 0 Å². The predicted molar refractivity (Wildman–Crippen MR) is 66.3 cm³/mol. The van der Waals surface area contributed by atoms with Gasteiger partial charge in [-0.15, -0.1) is 0 Å². The fourth-order valence-electron chi connectivity index (χ4n) is 1.41. The van der Waals surface area contributed by atoms with Gasteiger partial charge in [0.25, 0.3) is 0 Å². The molecule has 0 saturated heterocycles. The van der Waals surface area contributed by atoms with Gasteiger partial charge < -0.3 is 0 Å². The number of hydrogen-bond acceptors (Lipinski definition) is 3. The van der Waals surface area contributed by atoms with E-state index in [2.05, 4.69) is 2.51 Å². The zero-order valence-corrected chi connectivity index (χ0v) is 14.0. The molecule has 10 heteroatoms. The molecule has 0 amide bonds. The molecule has 0 heterocycles. The van der Waals surface area contributed by atoms with E-state index in [0.29, 0.717) is 0 Å². The van der Waals surface area contributed by atoms with Crippen LogP contribution < -0.4 is 20.2 Å². The van der Waals surface area contributed by atoms with Gasteiger partial charge in [0.2, 0.25) is 0 Å². The summed E-state index contributed by atoms with van der Waals surface area (Å²) in [5.41, 5.74) is -5.58. The maximum atomic E-state index is 13.0. The van der Waals surface area contributed by atoms with E-state index in [1.165, 1.54) is 0 Å². The zero-order chi connectivity index (χ0) is 17.3. The minimum Gasteiger partial charge on any atom is -0.207 e. The fraction of sp³-hybridized carbons (Fsp3) is 0.0769. The van der Waals surface area contributed by atoms with Crippen molar-refractivity contribution in [3.63, 3.8) is 0 Å². The molecule has 0 unspecified atom stereocenters. The van der Waals surface area contributed by atoms with Gasteiger partial charge in [-0.1, -0.05) is 0 Å².